The zero-order valence-electron chi connectivity index (χ0n) is 14.4. The Morgan fingerprint density at radius 1 is 1.35 bits per heavy atom. The van der Waals surface area contributed by atoms with Gasteiger partial charge in [0.2, 0.25) is 11.8 Å². The van der Waals surface area contributed by atoms with Gasteiger partial charge in [0.25, 0.3) is 0 Å². The number of rotatable bonds is 5. The topological polar surface area (TPSA) is 102 Å². The van der Waals surface area contributed by atoms with Crippen molar-refractivity contribution < 1.29 is 9.53 Å². The van der Waals surface area contributed by atoms with E-state index in [9.17, 15) is 4.79 Å². The number of hydrogen-bond acceptors (Lipinski definition) is 7. The van der Waals surface area contributed by atoms with Crippen LogP contribution in [0.25, 0.3) is 0 Å². The number of aromatic nitrogens is 1. The molecular formula is C18H21N5O2S. The molecule has 0 bridgehead atoms. The number of carbonyl (C=O) groups excluding carboxylic acids is 1. The Balaban J connectivity index is 1.39. The largest absolute Gasteiger partial charge is 0.474 e. The first-order valence-corrected chi connectivity index (χ1v) is 9.88. The third kappa shape index (κ3) is 4.66. The lowest BCUT2D eigenvalue weighted by Crippen LogP contribution is -2.45. The van der Waals surface area contributed by atoms with Crippen LogP contribution in [0.15, 0.2) is 18.3 Å². The van der Waals surface area contributed by atoms with E-state index in [1.165, 1.54) is 6.20 Å². The molecule has 1 atom stereocenters. The molecule has 0 radical (unpaired) electrons. The lowest BCUT2D eigenvalue weighted by atomic mass is 9.93. The molecule has 2 heterocycles. The molecule has 1 N–H and O–H groups in total. The predicted molar refractivity (Wildman–Crippen MR) is 97.2 cm³/mol. The molecule has 1 aromatic rings. The quantitative estimate of drug-likeness (QED) is 0.839. The number of nitrogens with one attached hydrogen (secondary N) is 1. The van der Waals surface area contributed by atoms with E-state index in [0.717, 1.165) is 25.7 Å². The summed E-state index contributed by atoms with van der Waals surface area (Å²) in [5.41, 5.74) is 0.518. The zero-order valence-corrected chi connectivity index (χ0v) is 15.2. The van der Waals surface area contributed by atoms with Gasteiger partial charge in [0.1, 0.15) is 18.2 Å². The lowest BCUT2D eigenvalue weighted by Gasteiger charge is -2.29. The molecule has 1 saturated carbocycles. The fourth-order valence-electron chi connectivity index (χ4n) is 3.20. The fourth-order valence-corrected chi connectivity index (χ4v) is 4.30. The van der Waals surface area contributed by atoms with Gasteiger partial charge in [0.05, 0.1) is 24.1 Å². The summed E-state index contributed by atoms with van der Waals surface area (Å²) >= 11 is 1.62. The molecule has 1 aliphatic carbocycles. The number of thioether (sulfide) groups is 1. The van der Waals surface area contributed by atoms with E-state index in [1.807, 2.05) is 6.07 Å². The minimum absolute atomic E-state index is 0.00158. The second-order valence-electron chi connectivity index (χ2n) is 6.48. The molecular weight excluding hydrogens is 350 g/mol. The van der Waals surface area contributed by atoms with E-state index >= 15 is 0 Å². The van der Waals surface area contributed by atoms with Crippen molar-refractivity contribution in [2.45, 2.75) is 43.9 Å². The molecule has 3 rings (SSSR count). The molecule has 1 amide bonds. The van der Waals surface area contributed by atoms with Crippen molar-refractivity contribution in [2.24, 2.45) is 0 Å². The molecule has 0 spiro atoms. The Morgan fingerprint density at radius 3 is 2.81 bits per heavy atom. The van der Waals surface area contributed by atoms with Crippen molar-refractivity contribution in [1.29, 1.82) is 10.5 Å². The summed E-state index contributed by atoms with van der Waals surface area (Å²) in [6, 6.07) is 7.65. The van der Waals surface area contributed by atoms with Gasteiger partial charge in [-0.05, 0) is 31.7 Å². The lowest BCUT2D eigenvalue weighted by molar-refractivity contribution is -0.130. The van der Waals surface area contributed by atoms with E-state index in [0.29, 0.717) is 29.1 Å². The summed E-state index contributed by atoms with van der Waals surface area (Å²) in [6.07, 6.45) is 5.29. The van der Waals surface area contributed by atoms with Gasteiger partial charge in [-0.3, -0.25) is 4.79 Å². The van der Waals surface area contributed by atoms with Crippen molar-refractivity contribution in [3.05, 3.63) is 23.9 Å². The van der Waals surface area contributed by atoms with Gasteiger partial charge in [-0.2, -0.15) is 10.5 Å². The smallest absolute Gasteiger partial charge is 0.238 e. The number of pyridine rings is 1. The van der Waals surface area contributed by atoms with E-state index in [2.05, 4.69) is 16.4 Å². The second-order valence-corrected chi connectivity index (χ2v) is 7.48. The van der Waals surface area contributed by atoms with Crippen LogP contribution < -0.4 is 10.1 Å². The van der Waals surface area contributed by atoms with Crippen LogP contribution in [0.1, 0.15) is 31.2 Å². The molecule has 1 saturated heterocycles. The van der Waals surface area contributed by atoms with Gasteiger partial charge in [-0.15, -0.1) is 11.8 Å². The first-order chi connectivity index (χ1) is 12.7. The van der Waals surface area contributed by atoms with Crippen LogP contribution in [0.5, 0.6) is 5.88 Å². The number of carbonyl (C=O) groups is 1. The average molecular weight is 371 g/mol. The highest BCUT2D eigenvalue weighted by Crippen LogP contribution is 2.23. The van der Waals surface area contributed by atoms with Crippen LogP contribution in [0.4, 0.5) is 0 Å². The number of ether oxygens (including phenoxy) is 1. The second kappa shape index (κ2) is 8.88. The molecule has 1 aromatic heterocycles. The van der Waals surface area contributed by atoms with E-state index in [-0.39, 0.29) is 24.6 Å². The van der Waals surface area contributed by atoms with Crippen LogP contribution >= 0.6 is 11.8 Å². The standard InChI is InChI=1S/C18H21N5O2S/c19-7-13-1-6-17(22-9-13)25-16-4-2-14(3-5-16)21-10-18(24)23-12-26-11-15(23)8-20/h1,6,9,14-16,21H,2-5,10-12H2/t14-,15-,16-/m1/s1. The highest BCUT2D eigenvalue weighted by atomic mass is 32.2. The Bertz CT molecular complexity index is 704. The summed E-state index contributed by atoms with van der Waals surface area (Å²) in [5.74, 6) is 1.86. The SMILES string of the molecule is N#Cc1ccc(O[C@H]2CC[C@H](NCC(=O)N3CSC[C@H]3C#N)CC2)nc1. The third-order valence-electron chi connectivity index (χ3n) is 4.72. The zero-order chi connectivity index (χ0) is 18.4. The summed E-state index contributed by atoms with van der Waals surface area (Å²) in [5, 5.41) is 21.2. The molecule has 2 fully saturated rings. The van der Waals surface area contributed by atoms with Gasteiger partial charge in [0, 0.05) is 24.1 Å². The monoisotopic (exact) mass is 371 g/mol. The molecule has 0 unspecified atom stereocenters. The third-order valence-corrected chi connectivity index (χ3v) is 5.73. The van der Waals surface area contributed by atoms with Crippen LogP contribution in [0.2, 0.25) is 0 Å². The van der Waals surface area contributed by atoms with Gasteiger partial charge in [-0.1, -0.05) is 0 Å². The maximum atomic E-state index is 12.3. The van der Waals surface area contributed by atoms with Crippen molar-refractivity contribution in [3.63, 3.8) is 0 Å². The molecule has 8 heteroatoms. The summed E-state index contributed by atoms with van der Waals surface area (Å²) in [7, 11) is 0. The summed E-state index contributed by atoms with van der Waals surface area (Å²) in [4.78, 5) is 18.1. The highest BCUT2D eigenvalue weighted by molar-refractivity contribution is 7.99. The molecule has 136 valence electrons. The number of nitriles is 2. The Hall–Kier alpha value is -2.29. The minimum atomic E-state index is -0.293. The Kier molecular flexibility index (Phi) is 6.32. The number of hydrogen-bond donors (Lipinski definition) is 1. The number of amides is 1. The highest BCUT2D eigenvalue weighted by Gasteiger charge is 2.29. The molecule has 1 aliphatic heterocycles. The van der Waals surface area contributed by atoms with E-state index in [1.54, 1.807) is 28.8 Å². The molecule has 7 nitrogen and oxygen atoms in total. The fraction of sp³-hybridized carbons (Fsp3) is 0.556. The Labute approximate surface area is 157 Å². The maximum absolute atomic E-state index is 12.3. The van der Waals surface area contributed by atoms with Crippen molar-refractivity contribution in [1.82, 2.24) is 15.2 Å². The van der Waals surface area contributed by atoms with Crippen LogP contribution in [0.3, 0.4) is 0 Å². The first-order valence-electron chi connectivity index (χ1n) is 8.72. The average Bonchev–Trinajstić information content (AvgIpc) is 3.17. The van der Waals surface area contributed by atoms with E-state index in [4.69, 9.17) is 15.3 Å². The molecule has 2 aliphatic rings. The normalized spacial score (nSPS) is 25.3. The van der Waals surface area contributed by atoms with Gasteiger partial charge in [-0.25, -0.2) is 4.98 Å². The maximum Gasteiger partial charge on any atom is 0.238 e. The first kappa shape index (κ1) is 18.5. The summed E-state index contributed by atoms with van der Waals surface area (Å²) in [6.45, 7) is 0.284. The van der Waals surface area contributed by atoms with Crippen molar-refractivity contribution in [2.75, 3.05) is 18.2 Å². The summed E-state index contributed by atoms with van der Waals surface area (Å²) < 4.78 is 5.88. The van der Waals surface area contributed by atoms with Crippen LogP contribution in [-0.2, 0) is 4.79 Å². The van der Waals surface area contributed by atoms with Gasteiger partial charge >= 0.3 is 0 Å². The molecule has 0 aromatic carbocycles. The van der Waals surface area contributed by atoms with E-state index < -0.39 is 0 Å². The molecule has 26 heavy (non-hydrogen) atoms. The van der Waals surface area contributed by atoms with Crippen molar-refractivity contribution >= 4 is 17.7 Å². The van der Waals surface area contributed by atoms with Crippen molar-refractivity contribution in [3.8, 4) is 18.0 Å². The van der Waals surface area contributed by atoms with Crippen LogP contribution in [-0.4, -0.2) is 52.2 Å². The number of nitrogens with zero attached hydrogens (tertiary/aromatic N) is 4. The van der Waals surface area contributed by atoms with Gasteiger partial charge in [0.15, 0.2) is 0 Å². The van der Waals surface area contributed by atoms with Gasteiger partial charge < -0.3 is 15.0 Å². The Morgan fingerprint density at radius 2 is 2.15 bits per heavy atom. The predicted octanol–water partition coefficient (Wildman–Crippen LogP) is 1.66. The minimum Gasteiger partial charge on any atom is -0.474 e. The van der Waals surface area contributed by atoms with Crippen LogP contribution in [0, 0.1) is 22.7 Å².